The van der Waals surface area contributed by atoms with Crippen LogP contribution < -0.4 is 0 Å². The van der Waals surface area contributed by atoms with Gasteiger partial charge in [0.1, 0.15) is 51.2 Å². The van der Waals surface area contributed by atoms with E-state index in [-0.39, 0.29) is 35.4 Å². The van der Waals surface area contributed by atoms with Gasteiger partial charge >= 0.3 is 0 Å². The van der Waals surface area contributed by atoms with Crippen molar-refractivity contribution in [2.45, 2.75) is 140 Å². The van der Waals surface area contributed by atoms with E-state index in [0.717, 1.165) is 89.8 Å². The van der Waals surface area contributed by atoms with Gasteiger partial charge in [-0.15, -0.1) is 0 Å². The molecule has 5 aromatic carbocycles. The van der Waals surface area contributed by atoms with E-state index < -0.39 is 16.2 Å². The number of fused-ring (bicyclic) bond motifs is 12. The normalized spacial score (nSPS) is 14.3. The van der Waals surface area contributed by atoms with Crippen molar-refractivity contribution in [3.05, 3.63) is 144 Å². The molecule has 418 valence electrons. The zero-order valence-electron chi connectivity index (χ0n) is 49.1. The van der Waals surface area contributed by atoms with Crippen molar-refractivity contribution in [3.63, 3.8) is 0 Å². The summed E-state index contributed by atoms with van der Waals surface area (Å²) in [7, 11) is 0. The number of aromatic nitrogens is 12. The molecule has 0 fully saturated rings. The molecule has 11 aromatic rings. The molecule has 81 heavy (non-hydrogen) atoms. The number of para-hydroxylation sites is 8. The lowest BCUT2D eigenvalue weighted by Gasteiger charge is -2.33. The van der Waals surface area contributed by atoms with Crippen LogP contribution in [0.25, 0.3) is 66.2 Å². The lowest BCUT2D eigenvalue weighted by Crippen LogP contribution is -2.47. The molecule has 0 saturated carbocycles. The van der Waals surface area contributed by atoms with Crippen molar-refractivity contribution < 1.29 is 28.8 Å². The zero-order valence-corrected chi connectivity index (χ0v) is 49.1. The quantitative estimate of drug-likeness (QED) is 0.139. The molecular formula is C63H70N12O6. The minimum atomic E-state index is -0.539. The van der Waals surface area contributed by atoms with Crippen molar-refractivity contribution in [2.75, 3.05) is 0 Å². The molecule has 14 rings (SSSR count). The number of hydrogen-bond donors (Lipinski definition) is 0. The van der Waals surface area contributed by atoms with Gasteiger partial charge in [-0.3, -0.25) is 56.2 Å². The minimum Gasteiger partial charge on any atom is -0.274 e. The molecule has 18 heteroatoms. The Labute approximate surface area is 469 Å². The van der Waals surface area contributed by atoms with E-state index in [1.165, 1.54) is 19.8 Å². The summed E-state index contributed by atoms with van der Waals surface area (Å²) < 4.78 is 9.83. The van der Waals surface area contributed by atoms with Crippen LogP contribution in [0.1, 0.15) is 167 Å². The van der Waals surface area contributed by atoms with Crippen LogP contribution in [0.15, 0.2) is 109 Å². The zero-order chi connectivity index (χ0) is 59.2. The highest BCUT2D eigenvalue weighted by atomic mass is 16.2. The van der Waals surface area contributed by atoms with Crippen LogP contribution in [0.4, 0.5) is 0 Å². The maximum Gasteiger partial charge on any atom is 0.245 e. The number of benzene rings is 5. The van der Waals surface area contributed by atoms with E-state index in [1.54, 1.807) is 48.2 Å². The monoisotopic (exact) mass is 1090 g/mol. The molecule has 9 heterocycles. The average molecular weight is 1090 g/mol. The Morgan fingerprint density at radius 1 is 0.358 bits per heavy atom. The second kappa shape index (κ2) is 22.2. The Morgan fingerprint density at radius 3 is 0.938 bits per heavy atom. The highest BCUT2D eigenvalue weighted by Gasteiger charge is 2.49. The number of carbonyl (C=O) groups is 6. The first-order valence-electron chi connectivity index (χ1n) is 27.2. The summed E-state index contributed by atoms with van der Waals surface area (Å²) in [4.78, 5) is 96.5. The first kappa shape index (κ1) is 58.1. The summed E-state index contributed by atoms with van der Waals surface area (Å²) >= 11 is 0. The second-order valence-electron chi connectivity index (χ2n) is 21.8. The van der Waals surface area contributed by atoms with Gasteiger partial charge in [-0.05, 0) is 123 Å². The molecule has 0 atom stereocenters. The third kappa shape index (κ3) is 10.1. The van der Waals surface area contributed by atoms with Crippen LogP contribution in [0.3, 0.4) is 0 Å². The summed E-state index contributed by atoms with van der Waals surface area (Å²) in [6.07, 6.45) is 2.50. The predicted molar refractivity (Wildman–Crippen MR) is 318 cm³/mol. The lowest BCUT2D eigenvalue weighted by molar-refractivity contribution is 0.0724. The Morgan fingerprint density at radius 2 is 0.605 bits per heavy atom. The predicted octanol–water partition coefficient (Wildman–Crippen LogP) is 13.1. The third-order valence-electron chi connectivity index (χ3n) is 14.0. The third-order valence-corrected chi connectivity index (χ3v) is 14.0. The van der Waals surface area contributed by atoms with Crippen LogP contribution in [0, 0.1) is 20.8 Å². The van der Waals surface area contributed by atoms with Gasteiger partial charge in [0, 0.05) is 20.8 Å². The smallest absolute Gasteiger partial charge is 0.245 e. The molecular weight excluding hydrogens is 1020 g/mol. The topological polar surface area (TPSA) is 209 Å². The Bertz CT molecular complexity index is 4110. The van der Waals surface area contributed by atoms with Crippen molar-refractivity contribution in [1.29, 1.82) is 0 Å². The SMILES string of the molecule is CC(=O)n1c(C)nc2cc3nc4n(c3cc21)C(=O)C4(C)C.CC(=O)n1c(C)nc2ccccc21.CC(=O)n1c(C)nc2ccccc21.CC1(C)C(=O)n2c1nc1ccccc12.CC1(C)C(=O)n2c1nc1ccccc12.CCC.CCC. The van der Waals surface area contributed by atoms with Crippen LogP contribution in [0.2, 0.25) is 0 Å². The van der Waals surface area contributed by atoms with E-state index in [1.807, 2.05) is 165 Å². The van der Waals surface area contributed by atoms with Gasteiger partial charge in [0.15, 0.2) is 0 Å². The fourth-order valence-corrected chi connectivity index (χ4v) is 10.1. The maximum absolute atomic E-state index is 12.2. The number of aryl methyl sites for hydroxylation is 3. The highest BCUT2D eigenvalue weighted by molar-refractivity contribution is 6.07. The molecule has 0 bridgehead atoms. The molecule has 0 spiro atoms. The summed E-state index contributed by atoms with van der Waals surface area (Å²) in [5, 5.41) is 0. The van der Waals surface area contributed by atoms with Gasteiger partial charge in [-0.25, -0.2) is 29.9 Å². The minimum absolute atomic E-state index is 0.00574. The molecule has 0 unspecified atom stereocenters. The van der Waals surface area contributed by atoms with Crippen LogP contribution in [-0.4, -0.2) is 92.7 Å². The fraction of sp³-hybridized carbons (Fsp3) is 0.333. The number of rotatable bonds is 0. The summed E-state index contributed by atoms with van der Waals surface area (Å²) in [6.45, 7) is 29.9. The standard InChI is InChI=1S/C15H14N4O2.2C11H10N2O.2C10H10N2O.2C3H8/c1-7-16-9-5-10-12(6-11(9)18(7)8(2)20)19-13(17-10)15(3,4)14(19)21;2*1-11(2)9-12-7-5-3-4-6-8(7)13(9)10(11)14;2*1-7-11-9-5-3-4-6-10(9)12(7)8(2)13;2*1-3-2/h5-6H,1-4H3;2*3-6H,1-2H3;2*3-6H,1-2H3;2*3H2,1-2H3. The number of imidazole rings is 6. The number of nitrogens with zero attached hydrogens (tertiary/aromatic N) is 12. The van der Waals surface area contributed by atoms with Crippen molar-refractivity contribution >= 4 is 102 Å². The summed E-state index contributed by atoms with van der Waals surface area (Å²) in [6, 6.07) is 34.4. The summed E-state index contributed by atoms with van der Waals surface area (Å²) in [5.74, 6) is 4.88. The number of carbonyl (C=O) groups excluding carboxylic acids is 6. The molecule has 18 nitrogen and oxygen atoms in total. The van der Waals surface area contributed by atoms with Crippen LogP contribution in [-0.2, 0) is 16.2 Å². The van der Waals surface area contributed by atoms with Gasteiger partial charge in [-0.2, -0.15) is 0 Å². The van der Waals surface area contributed by atoms with Gasteiger partial charge < -0.3 is 0 Å². The van der Waals surface area contributed by atoms with Crippen molar-refractivity contribution in [2.24, 2.45) is 0 Å². The van der Waals surface area contributed by atoms with Crippen molar-refractivity contribution in [3.8, 4) is 0 Å². The lowest BCUT2D eigenvalue weighted by atomic mass is 9.85. The van der Waals surface area contributed by atoms with E-state index in [0.29, 0.717) is 11.3 Å². The first-order chi connectivity index (χ1) is 38.3. The summed E-state index contributed by atoms with van der Waals surface area (Å²) in [5.41, 5.74) is 8.73. The van der Waals surface area contributed by atoms with E-state index >= 15 is 0 Å². The molecule has 0 saturated heterocycles. The van der Waals surface area contributed by atoms with Gasteiger partial charge in [0.2, 0.25) is 35.4 Å². The first-order valence-corrected chi connectivity index (χ1v) is 27.2. The highest BCUT2D eigenvalue weighted by Crippen LogP contribution is 2.40. The molecule has 0 radical (unpaired) electrons. The number of hydrogen-bond acceptors (Lipinski definition) is 12. The molecule has 3 aliphatic rings. The largest absolute Gasteiger partial charge is 0.274 e. The molecule has 6 aromatic heterocycles. The van der Waals surface area contributed by atoms with E-state index in [4.69, 9.17) is 0 Å². The van der Waals surface area contributed by atoms with E-state index in [9.17, 15) is 28.8 Å². The van der Waals surface area contributed by atoms with Gasteiger partial charge in [0.05, 0.1) is 66.2 Å². The van der Waals surface area contributed by atoms with Gasteiger partial charge in [-0.1, -0.05) is 89.1 Å². The Balaban J connectivity index is 0.000000131. The Kier molecular flexibility index (Phi) is 15.9. The van der Waals surface area contributed by atoms with E-state index in [2.05, 4.69) is 57.6 Å². The maximum atomic E-state index is 12.2. The van der Waals surface area contributed by atoms with Crippen molar-refractivity contribution in [1.82, 2.24) is 57.3 Å². The molecule has 0 N–H and O–H groups in total. The van der Waals surface area contributed by atoms with Gasteiger partial charge in [0.25, 0.3) is 0 Å². The molecule has 3 aliphatic heterocycles. The molecule has 0 amide bonds. The fourth-order valence-electron chi connectivity index (χ4n) is 10.1. The Hall–Kier alpha value is -9.06. The van der Waals surface area contributed by atoms with Crippen LogP contribution in [0.5, 0.6) is 0 Å². The molecule has 0 aliphatic carbocycles. The average Bonchev–Trinajstić information content (AvgIpc) is 3.77. The second-order valence-corrected chi connectivity index (χ2v) is 21.8. The van der Waals surface area contributed by atoms with Crippen LogP contribution >= 0.6 is 0 Å².